The summed E-state index contributed by atoms with van der Waals surface area (Å²) in [5, 5.41) is 5.02. The minimum absolute atomic E-state index is 0.145. The lowest BCUT2D eigenvalue weighted by atomic mass is 10.2. The summed E-state index contributed by atoms with van der Waals surface area (Å²) in [7, 11) is 0. The first-order chi connectivity index (χ1) is 11.0. The van der Waals surface area contributed by atoms with Crippen molar-refractivity contribution in [1.29, 1.82) is 0 Å². The Labute approximate surface area is 137 Å². The SMILES string of the molecule is Cc1ccc(Cl)c(OCCNC(=O)Nc2c(F)cccc2F)c1. The number of carbonyl (C=O) groups is 1. The van der Waals surface area contributed by atoms with E-state index >= 15 is 0 Å². The number of benzene rings is 2. The lowest BCUT2D eigenvalue weighted by Crippen LogP contribution is -2.32. The number of aryl methyl sites for hydroxylation is 1. The largest absolute Gasteiger partial charge is 0.490 e. The Hall–Kier alpha value is -2.34. The van der Waals surface area contributed by atoms with E-state index in [2.05, 4.69) is 10.6 Å². The maximum atomic E-state index is 13.4. The molecule has 7 heteroatoms. The highest BCUT2D eigenvalue weighted by Crippen LogP contribution is 2.25. The van der Waals surface area contributed by atoms with Crippen LogP contribution >= 0.6 is 11.6 Å². The second kappa shape index (κ2) is 7.78. The van der Waals surface area contributed by atoms with Crippen LogP contribution in [0.25, 0.3) is 0 Å². The van der Waals surface area contributed by atoms with Gasteiger partial charge in [0.2, 0.25) is 0 Å². The predicted octanol–water partition coefficient (Wildman–Crippen LogP) is 4.13. The summed E-state index contributed by atoms with van der Waals surface area (Å²) in [6, 6.07) is 7.94. The van der Waals surface area contributed by atoms with Gasteiger partial charge >= 0.3 is 6.03 Å². The maximum absolute atomic E-state index is 13.4. The third-order valence-corrected chi connectivity index (χ3v) is 3.25. The molecule has 0 heterocycles. The molecule has 0 saturated heterocycles. The molecule has 2 N–H and O–H groups in total. The number of urea groups is 1. The lowest BCUT2D eigenvalue weighted by Gasteiger charge is -2.11. The third kappa shape index (κ3) is 4.82. The quantitative estimate of drug-likeness (QED) is 0.804. The molecule has 122 valence electrons. The number of rotatable bonds is 5. The number of ether oxygens (including phenoxy) is 1. The number of anilines is 1. The van der Waals surface area contributed by atoms with E-state index in [-0.39, 0.29) is 13.2 Å². The average Bonchev–Trinajstić information content (AvgIpc) is 2.51. The Kier molecular flexibility index (Phi) is 5.76. The number of carbonyl (C=O) groups excluding carboxylic acids is 1. The van der Waals surface area contributed by atoms with Gasteiger partial charge in [-0.3, -0.25) is 0 Å². The van der Waals surface area contributed by atoms with Crippen molar-refractivity contribution in [2.75, 3.05) is 18.5 Å². The molecule has 0 aliphatic rings. The number of hydrogen-bond donors (Lipinski definition) is 2. The van der Waals surface area contributed by atoms with Gasteiger partial charge in [-0.25, -0.2) is 13.6 Å². The van der Waals surface area contributed by atoms with Gasteiger partial charge in [-0.1, -0.05) is 23.7 Å². The standard InChI is InChI=1S/C16H15ClF2N2O2/c1-10-5-6-11(17)14(9-10)23-8-7-20-16(22)21-15-12(18)3-2-4-13(15)19/h2-6,9H,7-8H2,1H3,(H2,20,21,22). The van der Waals surface area contributed by atoms with Crippen LogP contribution in [0, 0.1) is 18.6 Å². The Balaban J connectivity index is 1.80. The van der Waals surface area contributed by atoms with Gasteiger partial charge in [0.15, 0.2) is 0 Å². The van der Waals surface area contributed by atoms with Crippen molar-refractivity contribution in [1.82, 2.24) is 5.32 Å². The van der Waals surface area contributed by atoms with E-state index in [4.69, 9.17) is 16.3 Å². The minimum atomic E-state index is -0.844. The highest BCUT2D eigenvalue weighted by Gasteiger charge is 2.11. The first kappa shape index (κ1) is 17.0. The molecule has 0 spiro atoms. The van der Waals surface area contributed by atoms with Crippen molar-refractivity contribution in [3.8, 4) is 5.75 Å². The number of nitrogens with one attached hydrogen (secondary N) is 2. The van der Waals surface area contributed by atoms with Crippen molar-refractivity contribution >= 4 is 23.3 Å². The molecule has 0 saturated carbocycles. The zero-order chi connectivity index (χ0) is 16.8. The van der Waals surface area contributed by atoms with Crippen LogP contribution in [0.1, 0.15) is 5.56 Å². The van der Waals surface area contributed by atoms with Crippen LogP contribution in [0.15, 0.2) is 36.4 Å². The Morgan fingerprint density at radius 2 is 1.91 bits per heavy atom. The van der Waals surface area contributed by atoms with E-state index < -0.39 is 23.4 Å². The molecule has 0 aromatic heterocycles. The van der Waals surface area contributed by atoms with Gasteiger partial charge in [0.1, 0.15) is 29.7 Å². The Morgan fingerprint density at radius 3 is 2.61 bits per heavy atom. The van der Waals surface area contributed by atoms with Gasteiger partial charge in [0.25, 0.3) is 0 Å². The molecule has 0 aliphatic heterocycles. The number of hydrogen-bond acceptors (Lipinski definition) is 2. The monoisotopic (exact) mass is 340 g/mol. The Bertz CT molecular complexity index is 690. The van der Waals surface area contributed by atoms with Gasteiger partial charge in [0.05, 0.1) is 11.6 Å². The molecule has 0 fully saturated rings. The predicted molar refractivity (Wildman–Crippen MR) is 85.1 cm³/mol. The highest BCUT2D eigenvalue weighted by molar-refractivity contribution is 6.32. The summed E-state index contributed by atoms with van der Waals surface area (Å²) in [6.45, 7) is 2.21. The van der Waals surface area contributed by atoms with Crippen LogP contribution in [0.3, 0.4) is 0 Å². The summed E-state index contributed by atoms with van der Waals surface area (Å²) >= 11 is 5.97. The smallest absolute Gasteiger partial charge is 0.319 e. The summed E-state index contributed by atoms with van der Waals surface area (Å²) < 4.78 is 32.2. The molecule has 2 aromatic rings. The average molecular weight is 341 g/mol. The van der Waals surface area contributed by atoms with Crippen molar-refractivity contribution in [2.24, 2.45) is 0 Å². The summed E-state index contributed by atoms with van der Waals surface area (Å²) in [5.74, 6) is -1.18. The highest BCUT2D eigenvalue weighted by atomic mass is 35.5. The molecule has 2 amide bonds. The van der Waals surface area contributed by atoms with E-state index in [1.807, 2.05) is 13.0 Å². The summed E-state index contributed by atoms with van der Waals surface area (Å²) in [5.41, 5.74) is 0.498. The van der Waals surface area contributed by atoms with E-state index in [0.29, 0.717) is 10.8 Å². The van der Waals surface area contributed by atoms with Crippen LogP contribution in [-0.2, 0) is 0 Å². The van der Waals surface area contributed by atoms with Gasteiger partial charge in [0, 0.05) is 0 Å². The van der Waals surface area contributed by atoms with Crippen LogP contribution in [0.2, 0.25) is 5.02 Å². The van der Waals surface area contributed by atoms with Crippen LogP contribution in [-0.4, -0.2) is 19.2 Å². The fourth-order valence-corrected chi connectivity index (χ4v) is 1.99. The third-order valence-electron chi connectivity index (χ3n) is 2.93. The molecule has 0 atom stereocenters. The molecular formula is C16H15ClF2N2O2. The van der Waals surface area contributed by atoms with E-state index in [0.717, 1.165) is 17.7 Å². The fourth-order valence-electron chi connectivity index (χ4n) is 1.82. The topological polar surface area (TPSA) is 50.4 Å². The van der Waals surface area contributed by atoms with E-state index in [1.165, 1.54) is 6.07 Å². The zero-order valence-electron chi connectivity index (χ0n) is 12.3. The number of halogens is 3. The summed E-state index contributed by atoms with van der Waals surface area (Å²) in [6.07, 6.45) is 0. The van der Waals surface area contributed by atoms with Gasteiger partial charge < -0.3 is 15.4 Å². The van der Waals surface area contributed by atoms with Crippen LogP contribution < -0.4 is 15.4 Å². The minimum Gasteiger partial charge on any atom is -0.490 e. The second-order valence-corrected chi connectivity index (χ2v) is 5.17. The van der Waals surface area contributed by atoms with Crippen molar-refractivity contribution in [3.63, 3.8) is 0 Å². The van der Waals surface area contributed by atoms with Crippen molar-refractivity contribution in [3.05, 3.63) is 58.6 Å². The van der Waals surface area contributed by atoms with Gasteiger partial charge in [-0.15, -0.1) is 0 Å². The summed E-state index contributed by atoms with van der Waals surface area (Å²) in [4.78, 5) is 11.6. The Morgan fingerprint density at radius 1 is 1.22 bits per heavy atom. The van der Waals surface area contributed by atoms with E-state index in [1.54, 1.807) is 12.1 Å². The molecule has 2 aromatic carbocycles. The number of para-hydroxylation sites is 1. The number of amides is 2. The lowest BCUT2D eigenvalue weighted by molar-refractivity contribution is 0.247. The molecule has 0 radical (unpaired) electrons. The molecule has 23 heavy (non-hydrogen) atoms. The van der Waals surface area contributed by atoms with Gasteiger partial charge in [-0.05, 0) is 36.8 Å². The molecule has 0 bridgehead atoms. The van der Waals surface area contributed by atoms with Crippen molar-refractivity contribution < 1.29 is 18.3 Å². The van der Waals surface area contributed by atoms with E-state index in [9.17, 15) is 13.6 Å². The van der Waals surface area contributed by atoms with Crippen molar-refractivity contribution in [2.45, 2.75) is 6.92 Å². The normalized spacial score (nSPS) is 10.3. The second-order valence-electron chi connectivity index (χ2n) is 4.76. The van der Waals surface area contributed by atoms with Gasteiger partial charge in [-0.2, -0.15) is 0 Å². The fraction of sp³-hybridized carbons (Fsp3) is 0.188. The first-order valence-electron chi connectivity index (χ1n) is 6.85. The van der Waals surface area contributed by atoms with Crippen LogP contribution in [0.5, 0.6) is 5.75 Å². The van der Waals surface area contributed by atoms with Crippen LogP contribution in [0.4, 0.5) is 19.3 Å². The molecule has 0 aliphatic carbocycles. The maximum Gasteiger partial charge on any atom is 0.319 e. The zero-order valence-corrected chi connectivity index (χ0v) is 13.1. The molecule has 4 nitrogen and oxygen atoms in total. The first-order valence-corrected chi connectivity index (χ1v) is 7.23. The molecule has 2 rings (SSSR count). The molecule has 0 unspecified atom stereocenters. The molecular weight excluding hydrogens is 326 g/mol.